The number of aromatic nitrogens is 2. The van der Waals surface area contributed by atoms with Gasteiger partial charge in [-0.3, -0.25) is 0 Å². The molecule has 8 aromatic carbocycles. The molecule has 0 N–H and O–H groups in total. The fourth-order valence-corrected chi connectivity index (χ4v) is 8.54. The average molecular weight is 665 g/mol. The van der Waals surface area contributed by atoms with E-state index in [-0.39, 0.29) is 0 Å². The number of nitrogens with zero attached hydrogens (tertiary/aromatic N) is 2. The summed E-state index contributed by atoms with van der Waals surface area (Å²) in [5, 5.41) is 7.16. The van der Waals surface area contributed by atoms with Crippen LogP contribution < -0.4 is 4.74 Å². The number of rotatable bonds is 3. The molecule has 1 aliphatic rings. The number of furan rings is 1. The lowest BCUT2D eigenvalue weighted by Crippen LogP contribution is -2.03. The normalized spacial score (nSPS) is 12.4. The fourth-order valence-electron chi connectivity index (χ4n) is 8.54. The first-order valence-corrected chi connectivity index (χ1v) is 17.7. The molecule has 1 aliphatic heterocycles. The monoisotopic (exact) mass is 664 g/mol. The van der Waals surface area contributed by atoms with Crippen molar-refractivity contribution in [3.05, 3.63) is 170 Å². The number of para-hydroxylation sites is 5. The molecule has 0 saturated heterocycles. The number of hydrogen-bond acceptors (Lipinski definition) is 2. The van der Waals surface area contributed by atoms with Crippen LogP contribution in [-0.2, 0) is 0 Å². The largest absolute Gasteiger partial charge is 0.456 e. The minimum atomic E-state index is 0.870. The van der Waals surface area contributed by atoms with Crippen molar-refractivity contribution in [2.75, 3.05) is 0 Å². The summed E-state index contributed by atoms with van der Waals surface area (Å²) in [7, 11) is 0. The molecule has 3 aromatic heterocycles. The zero-order valence-corrected chi connectivity index (χ0v) is 27.9. The number of hydrogen-bond donors (Lipinski definition) is 0. The van der Waals surface area contributed by atoms with Crippen molar-refractivity contribution in [3.63, 3.8) is 0 Å². The molecule has 0 atom stereocenters. The Hall–Kier alpha value is -7.04. The van der Waals surface area contributed by atoms with Crippen LogP contribution in [0.2, 0.25) is 0 Å². The van der Waals surface area contributed by atoms with E-state index in [0.29, 0.717) is 0 Å². The van der Waals surface area contributed by atoms with Crippen LogP contribution in [0.3, 0.4) is 0 Å². The van der Waals surface area contributed by atoms with E-state index in [1.54, 1.807) is 0 Å². The lowest BCUT2D eigenvalue weighted by molar-refractivity contribution is 0.476. The van der Waals surface area contributed by atoms with Crippen LogP contribution in [0.1, 0.15) is 0 Å². The van der Waals surface area contributed by atoms with Gasteiger partial charge >= 0.3 is 0 Å². The van der Waals surface area contributed by atoms with Gasteiger partial charge in [-0.2, -0.15) is 0 Å². The Morgan fingerprint density at radius 3 is 1.83 bits per heavy atom. The van der Waals surface area contributed by atoms with Gasteiger partial charge in [0.05, 0.1) is 27.8 Å². The number of ether oxygens (including phenoxy) is 1. The Balaban J connectivity index is 0.976. The average Bonchev–Trinajstić information content (AvgIpc) is 3.86. The minimum Gasteiger partial charge on any atom is -0.456 e. The van der Waals surface area contributed by atoms with E-state index >= 15 is 0 Å². The minimum absolute atomic E-state index is 0.870. The van der Waals surface area contributed by atoms with Crippen LogP contribution in [0.15, 0.2) is 174 Å². The van der Waals surface area contributed by atoms with Crippen molar-refractivity contribution in [2.45, 2.75) is 0 Å². The molecule has 4 heterocycles. The summed E-state index contributed by atoms with van der Waals surface area (Å²) < 4.78 is 17.5. The molecule has 0 aliphatic carbocycles. The van der Waals surface area contributed by atoms with Gasteiger partial charge in [0.1, 0.15) is 11.2 Å². The molecule has 0 amide bonds. The molecule has 0 bridgehead atoms. The van der Waals surface area contributed by atoms with E-state index in [2.05, 4.69) is 155 Å². The van der Waals surface area contributed by atoms with Crippen molar-refractivity contribution in [2.24, 2.45) is 0 Å². The Kier molecular flexibility index (Phi) is 5.47. The lowest BCUT2D eigenvalue weighted by atomic mass is 10.0. The summed E-state index contributed by atoms with van der Waals surface area (Å²) in [5.74, 6) is 1.75. The first-order valence-electron chi connectivity index (χ1n) is 17.7. The number of fused-ring (bicyclic) bond motifs is 11. The maximum Gasteiger partial charge on any atom is 0.152 e. The Bertz CT molecular complexity index is 3270. The molecule has 0 saturated carbocycles. The van der Waals surface area contributed by atoms with Gasteiger partial charge in [0.15, 0.2) is 11.5 Å². The second kappa shape index (κ2) is 10.3. The van der Waals surface area contributed by atoms with Crippen molar-refractivity contribution in [1.82, 2.24) is 9.13 Å². The maximum absolute atomic E-state index is 6.57. The second-order valence-corrected chi connectivity index (χ2v) is 13.7. The summed E-state index contributed by atoms with van der Waals surface area (Å²) in [6.07, 6.45) is 0. The van der Waals surface area contributed by atoms with Crippen molar-refractivity contribution >= 4 is 65.6 Å². The highest BCUT2D eigenvalue weighted by Gasteiger charge is 2.24. The second-order valence-electron chi connectivity index (χ2n) is 13.7. The van der Waals surface area contributed by atoms with E-state index in [1.165, 1.54) is 43.7 Å². The van der Waals surface area contributed by atoms with Crippen molar-refractivity contribution in [1.29, 1.82) is 0 Å². The molecule has 0 radical (unpaired) electrons. The number of benzene rings is 8. The van der Waals surface area contributed by atoms with E-state index < -0.39 is 0 Å². The van der Waals surface area contributed by atoms with Crippen LogP contribution >= 0.6 is 0 Å². The molecule has 11 aromatic rings. The smallest absolute Gasteiger partial charge is 0.152 e. The van der Waals surface area contributed by atoms with Crippen molar-refractivity contribution in [3.8, 4) is 45.1 Å². The molecule has 52 heavy (non-hydrogen) atoms. The van der Waals surface area contributed by atoms with Gasteiger partial charge in [-0.1, -0.05) is 91.0 Å². The highest BCUT2D eigenvalue weighted by molar-refractivity contribution is 6.14. The van der Waals surface area contributed by atoms with Crippen LogP contribution in [0.25, 0.3) is 99.2 Å². The Morgan fingerprint density at radius 1 is 0.346 bits per heavy atom. The van der Waals surface area contributed by atoms with Gasteiger partial charge in [-0.05, 0) is 101 Å². The summed E-state index contributed by atoms with van der Waals surface area (Å²) in [5.41, 5.74) is 13.3. The summed E-state index contributed by atoms with van der Waals surface area (Å²) >= 11 is 0. The Morgan fingerprint density at radius 2 is 0.962 bits per heavy atom. The zero-order chi connectivity index (χ0) is 33.9. The molecule has 0 unspecified atom stereocenters. The van der Waals surface area contributed by atoms with Gasteiger partial charge in [0.2, 0.25) is 0 Å². The first kappa shape index (κ1) is 27.7. The van der Waals surface area contributed by atoms with Gasteiger partial charge in [-0.15, -0.1) is 0 Å². The SMILES string of the molecule is c1ccc2c(c1)Oc1cc(-c3ccc(-n4c5ccccc5c5cc(-c6ccc7c(c6)oc6ccccc67)ccc54)cc3)cc3c4ccccc4n-2c13. The van der Waals surface area contributed by atoms with Gasteiger partial charge < -0.3 is 18.3 Å². The van der Waals surface area contributed by atoms with Crippen LogP contribution in [0.5, 0.6) is 11.5 Å². The topological polar surface area (TPSA) is 32.2 Å². The van der Waals surface area contributed by atoms with Crippen LogP contribution in [0.4, 0.5) is 0 Å². The van der Waals surface area contributed by atoms with Crippen LogP contribution in [0, 0.1) is 0 Å². The fraction of sp³-hybridized carbons (Fsp3) is 0. The molecule has 242 valence electrons. The standard InChI is InChI=1S/C48H28N2O2/c1-4-12-40-34(9-1)38-25-30(31-19-23-37-36-11-3-7-15-44(36)51-46(37)27-31)20-24-42(38)49(40)33-21-17-29(18-22-33)32-26-39-35-10-2-5-13-41(35)50-43-14-6-8-16-45(43)52-47(28-32)48(39)50/h1-28H. The first-order chi connectivity index (χ1) is 25.8. The van der Waals surface area contributed by atoms with E-state index in [9.17, 15) is 0 Å². The third-order valence-electron chi connectivity index (χ3n) is 10.9. The van der Waals surface area contributed by atoms with Crippen LogP contribution in [-0.4, -0.2) is 9.13 Å². The molecule has 4 nitrogen and oxygen atoms in total. The van der Waals surface area contributed by atoms with E-state index in [1.807, 2.05) is 24.3 Å². The third-order valence-corrected chi connectivity index (χ3v) is 10.9. The molecular formula is C48H28N2O2. The summed E-state index contributed by atoms with van der Waals surface area (Å²) in [6, 6.07) is 60.7. The maximum atomic E-state index is 6.57. The molecule has 12 rings (SSSR count). The highest BCUT2D eigenvalue weighted by Crippen LogP contribution is 2.47. The van der Waals surface area contributed by atoms with Crippen molar-refractivity contribution < 1.29 is 9.15 Å². The molecule has 0 fully saturated rings. The third kappa shape index (κ3) is 3.81. The van der Waals surface area contributed by atoms with Gasteiger partial charge in [0, 0.05) is 38.0 Å². The molecular weight excluding hydrogens is 637 g/mol. The van der Waals surface area contributed by atoms with E-state index in [0.717, 1.165) is 67.0 Å². The molecule has 4 heteroatoms. The predicted molar refractivity (Wildman–Crippen MR) is 213 cm³/mol. The highest BCUT2D eigenvalue weighted by atomic mass is 16.5. The quantitative estimate of drug-likeness (QED) is 0.188. The lowest BCUT2D eigenvalue weighted by Gasteiger charge is -2.21. The van der Waals surface area contributed by atoms with E-state index in [4.69, 9.17) is 9.15 Å². The predicted octanol–water partition coefficient (Wildman–Crippen LogP) is 13.2. The molecule has 0 spiro atoms. The summed E-state index contributed by atoms with van der Waals surface area (Å²) in [4.78, 5) is 0. The zero-order valence-electron chi connectivity index (χ0n) is 27.9. The summed E-state index contributed by atoms with van der Waals surface area (Å²) in [6.45, 7) is 0. The Labute approximate surface area is 297 Å². The van der Waals surface area contributed by atoms with Gasteiger partial charge in [-0.25, -0.2) is 0 Å². The van der Waals surface area contributed by atoms with Gasteiger partial charge in [0.25, 0.3) is 0 Å².